The van der Waals surface area contributed by atoms with E-state index in [0.717, 1.165) is 18.0 Å². The zero-order valence-electron chi connectivity index (χ0n) is 7.66. The zero-order chi connectivity index (χ0) is 9.26. The van der Waals surface area contributed by atoms with Crippen LogP contribution in [0.2, 0.25) is 0 Å². The van der Waals surface area contributed by atoms with Gasteiger partial charge in [-0.05, 0) is 13.3 Å². The van der Waals surface area contributed by atoms with Crippen molar-refractivity contribution >= 4 is 0 Å². The van der Waals surface area contributed by atoms with Crippen LogP contribution in [0.15, 0.2) is 10.6 Å². The average molecular weight is 184 g/mol. The van der Waals surface area contributed by atoms with Crippen LogP contribution in [0.3, 0.4) is 0 Å². The molecule has 0 bridgehead atoms. The fourth-order valence-corrected chi connectivity index (χ4v) is 1.65. The second-order valence-corrected chi connectivity index (χ2v) is 3.55. The molecule has 1 saturated heterocycles. The normalized spacial score (nSPS) is 24.0. The van der Waals surface area contributed by atoms with Gasteiger partial charge >= 0.3 is 0 Å². The lowest BCUT2D eigenvalue weighted by Crippen LogP contribution is -2.20. The van der Waals surface area contributed by atoms with Gasteiger partial charge in [-0.15, -0.1) is 0 Å². The Morgan fingerprint density at radius 3 is 3.15 bits per heavy atom. The van der Waals surface area contributed by atoms with E-state index in [1.54, 1.807) is 0 Å². The lowest BCUT2D eigenvalue weighted by Gasteiger charge is -2.11. The van der Waals surface area contributed by atoms with Crippen LogP contribution in [0.5, 0.6) is 0 Å². The molecule has 1 unspecified atom stereocenters. The Labute approximate surface area is 76.5 Å². The monoisotopic (exact) mass is 184 g/mol. The molecule has 4 heteroatoms. The van der Waals surface area contributed by atoms with E-state index >= 15 is 0 Å². The first kappa shape index (κ1) is 8.69. The van der Waals surface area contributed by atoms with Crippen LogP contribution < -0.4 is 0 Å². The third kappa shape index (κ3) is 2.06. The lowest BCUT2D eigenvalue weighted by atomic mass is 10.3. The molecule has 0 aliphatic carbocycles. The molecule has 2 heterocycles. The summed E-state index contributed by atoms with van der Waals surface area (Å²) in [6.07, 6.45) is -0.00962. The topological polar surface area (TPSA) is 29.3 Å². The summed E-state index contributed by atoms with van der Waals surface area (Å²) in [5, 5.41) is 3.87. The molecule has 0 spiro atoms. The predicted octanol–water partition coefficient (Wildman–Crippen LogP) is 1.53. The van der Waals surface area contributed by atoms with Crippen molar-refractivity contribution in [3.05, 3.63) is 17.5 Å². The van der Waals surface area contributed by atoms with Gasteiger partial charge in [0, 0.05) is 25.7 Å². The van der Waals surface area contributed by atoms with Crippen LogP contribution in [0.25, 0.3) is 0 Å². The number of rotatable bonds is 2. The summed E-state index contributed by atoms with van der Waals surface area (Å²) in [6.45, 7) is 3.93. The quantitative estimate of drug-likeness (QED) is 0.698. The Hall–Kier alpha value is -0.900. The van der Waals surface area contributed by atoms with E-state index in [4.69, 9.17) is 4.52 Å². The highest BCUT2D eigenvalue weighted by Gasteiger charge is 2.22. The van der Waals surface area contributed by atoms with E-state index in [2.05, 4.69) is 10.1 Å². The molecule has 1 aromatic heterocycles. The van der Waals surface area contributed by atoms with E-state index in [9.17, 15) is 4.39 Å². The second-order valence-electron chi connectivity index (χ2n) is 3.55. The summed E-state index contributed by atoms with van der Waals surface area (Å²) >= 11 is 0. The highest BCUT2D eigenvalue weighted by molar-refractivity contribution is 5.03. The largest absolute Gasteiger partial charge is 0.361 e. The number of likely N-dealkylation sites (tertiary alicyclic amines) is 1. The van der Waals surface area contributed by atoms with Gasteiger partial charge in [0.2, 0.25) is 0 Å². The third-order valence-corrected chi connectivity index (χ3v) is 2.28. The number of hydrogen-bond acceptors (Lipinski definition) is 3. The molecule has 0 aromatic carbocycles. The summed E-state index contributed by atoms with van der Waals surface area (Å²) in [7, 11) is 0. The first-order chi connectivity index (χ1) is 6.24. The number of aryl methyl sites for hydroxylation is 1. The van der Waals surface area contributed by atoms with Gasteiger partial charge in [0.05, 0.1) is 5.69 Å². The summed E-state index contributed by atoms with van der Waals surface area (Å²) in [5.74, 6) is 0.811. The number of halogens is 1. The maximum absolute atomic E-state index is 12.8. The van der Waals surface area contributed by atoms with Crippen LogP contribution in [0, 0.1) is 6.92 Å². The second kappa shape index (κ2) is 3.46. The number of aromatic nitrogens is 1. The van der Waals surface area contributed by atoms with Crippen molar-refractivity contribution in [3.63, 3.8) is 0 Å². The van der Waals surface area contributed by atoms with Gasteiger partial charge in [0.1, 0.15) is 11.9 Å². The maximum atomic E-state index is 12.8. The summed E-state index contributed by atoms with van der Waals surface area (Å²) in [6, 6.07) is 1.89. The minimum absolute atomic E-state index is 0.534. The molecule has 2 rings (SSSR count). The van der Waals surface area contributed by atoms with Crippen molar-refractivity contribution in [2.24, 2.45) is 0 Å². The Kier molecular flexibility index (Phi) is 2.31. The summed E-state index contributed by atoms with van der Waals surface area (Å²) in [5.41, 5.74) is 0.895. The van der Waals surface area contributed by atoms with Crippen molar-refractivity contribution in [2.75, 3.05) is 13.1 Å². The first-order valence-corrected chi connectivity index (χ1v) is 4.52. The molecule has 0 saturated carbocycles. The fraction of sp³-hybridized carbons (Fsp3) is 0.667. The summed E-state index contributed by atoms with van der Waals surface area (Å²) in [4.78, 5) is 2.06. The number of nitrogens with zero attached hydrogens (tertiary/aromatic N) is 2. The number of hydrogen-bond donors (Lipinski definition) is 0. The van der Waals surface area contributed by atoms with E-state index in [0.29, 0.717) is 19.5 Å². The van der Waals surface area contributed by atoms with Crippen molar-refractivity contribution < 1.29 is 8.91 Å². The fourth-order valence-electron chi connectivity index (χ4n) is 1.65. The van der Waals surface area contributed by atoms with Gasteiger partial charge < -0.3 is 4.52 Å². The predicted molar refractivity (Wildman–Crippen MR) is 46.0 cm³/mol. The van der Waals surface area contributed by atoms with Crippen LogP contribution in [-0.2, 0) is 6.54 Å². The molecule has 1 aliphatic heterocycles. The van der Waals surface area contributed by atoms with E-state index in [-0.39, 0.29) is 0 Å². The van der Waals surface area contributed by atoms with Crippen LogP contribution in [-0.4, -0.2) is 29.3 Å². The Bertz CT molecular complexity index is 287. The molecule has 1 fully saturated rings. The minimum Gasteiger partial charge on any atom is -0.361 e. The lowest BCUT2D eigenvalue weighted by molar-refractivity contribution is 0.274. The van der Waals surface area contributed by atoms with Gasteiger partial charge in [0.15, 0.2) is 0 Å². The first-order valence-electron chi connectivity index (χ1n) is 4.52. The molecule has 13 heavy (non-hydrogen) atoms. The highest BCUT2D eigenvalue weighted by atomic mass is 19.1. The van der Waals surface area contributed by atoms with E-state index < -0.39 is 6.17 Å². The van der Waals surface area contributed by atoms with Crippen LogP contribution in [0.1, 0.15) is 17.9 Å². The number of alkyl halides is 1. The Morgan fingerprint density at radius 2 is 2.62 bits per heavy atom. The smallest absolute Gasteiger partial charge is 0.133 e. The molecule has 72 valence electrons. The van der Waals surface area contributed by atoms with Crippen molar-refractivity contribution in [2.45, 2.75) is 26.1 Å². The Morgan fingerprint density at radius 1 is 1.77 bits per heavy atom. The molecule has 1 atom stereocenters. The maximum Gasteiger partial charge on any atom is 0.133 e. The minimum atomic E-state index is -0.659. The molecule has 0 N–H and O–H groups in total. The van der Waals surface area contributed by atoms with Crippen molar-refractivity contribution in [1.82, 2.24) is 10.1 Å². The van der Waals surface area contributed by atoms with Gasteiger partial charge in [-0.25, -0.2) is 4.39 Å². The highest BCUT2D eigenvalue weighted by Crippen LogP contribution is 2.15. The van der Waals surface area contributed by atoms with Gasteiger partial charge in [-0.3, -0.25) is 4.90 Å². The molecule has 1 aromatic rings. The molecular formula is C9H13FN2O. The standard InChI is InChI=1S/C9H13FN2O/c1-7-4-9(11-13-7)6-12-3-2-8(10)5-12/h4,8H,2-3,5-6H2,1H3. The molecule has 0 amide bonds. The third-order valence-electron chi connectivity index (χ3n) is 2.28. The molecule has 0 radical (unpaired) electrons. The van der Waals surface area contributed by atoms with E-state index in [1.165, 1.54) is 0 Å². The van der Waals surface area contributed by atoms with E-state index in [1.807, 2.05) is 13.0 Å². The molecular weight excluding hydrogens is 171 g/mol. The van der Waals surface area contributed by atoms with Gasteiger partial charge in [-0.2, -0.15) is 0 Å². The Balaban J connectivity index is 1.91. The molecule has 3 nitrogen and oxygen atoms in total. The molecule has 1 aliphatic rings. The summed E-state index contributed by atoms with van der Waals surface area (Å²) < 4.78 is 17.7. The SMILES string of the molecule is Cc1cc(CN2CCC(F)C2)no1. The van der Waals surface area contributed by atoms with Crippen molar-refractivity contribution in [1.29, 1.82) is 0 Å². The average Bonchev–Trinajstić information content (AvgIpc) is 2.62. The van der Waals surface area contributed by atoms with Gasteiger partial charge in [0.25, 0.3) is 0 Å². The van der Waals surface area contributed by atoms with Gasteiger partial charge in [-0.1, -0.05) is 5.16 Å². The zero-order valence-corrected chi connectivity index (χ0v) is 7.66. The van der Waals surface area contributed by atoms with Crippen LogP contribution in [0.4, 0.5) is 4.39 Å². The van der Waals surface area contributed by atoms with Crippen molar-refractivity contribution in [3.8, 4) is 0 Å². The van der Waals surface area contributed by atoms with Crippen LogP contribution >= 0.6 is 0 Å².